The maximum absolute atomic E-state index is 15.6. The van der Waals surface area contributed by atoms with E-state index >= 15 is 4.39 Å². The van der Waals surface area contributed by atoms with E-state index < -0.39 is 47.9 Å². The molecule has 4 aromatic heterocycles. The van der Waals surface area contributed by atoms with Crippen LogP contribution in [-0.2, 0) is 26.1 Å². The summed E-state index contributed by atoms with van der Waals surface area (Å²) in [7, 11) is 3.07. The lowest BCUT2D eigenvalue weighted by atomic mass is 9.85. The van der Waals surface area contributed by atoms with Gasteiger partial charge >= 0.3 is 5.69 Å². The molecule has 21 heteroatoms. The van der Waals surface area contributed by atoms with E-state index in [1.165, 1.54) is 33.2 Å². The van der Waals surface area contributed by atoms with Gasteiger partial charge in [0, 0.05) is 52.0 Å². The number of imide groups is 1. The highest BCUT2D eigenvalue weighted by Gasteiger charge is 2.40. The van der Waals surface area contributed by atoms with Crippen molar-refractivity contribution in [3.63, 3.8) is 0 Å². The number of halogens is 3. The zero-order valence-electron chi connectivity index (χ0n) is 36.5. The topological polar surface area (TPSA) is 184 Å². The van der Waals surface area contributed by atoms with Crippen LogP contribution in [0.25, 0.3) is 16.7 Å². The molecular formula is C45H50F3N11O7. The molecule has 5 aromatic rings. The number of alkyl halides is 3. The van der Waals surface area contributed by atoms with E-state index in [1.54, 1.807) is 30.1 Å². The minimum atomic E-state index is -2.91. The van der Waals surface area contributed by atoms with Crippen molar-refractivity contribution in [1.29, 1.82) is 0 Å². The number of imidazole rings is 1. The van der Waals surface area contributed by atoms with Crippen LogP contribution in [0, 0.1) is 17.8 Å². The number of hydrogen-bond acceptors (Lipinski definition) is 12. The Labute approximate surface area is 376 Å². The molecule has 348 valence electrons. The van der Waals surface area contributed by atoms with Crippen molar-refractivity contribution < 1.29 is 41.8 Å². The van der Waals surface area contributed by atoms with Crippen molar-refractivity contribution in [3.05, 3.63) is 64.1 Å². The number of morpholine rings is 1. The van der Waals surface area contributed by atoms with Gasteiger partial charge in [-0.15, -0.1) is 0 Å². The smallest absolute Gasteiger partial charge is 0.329 e. The van der Waals surface area contributed by atoms with Crippen molar-refractivity contribution >= 4 is 45.9 Å². The number of anilines is 2. The SMILES string of the molecule is COc1ccc2c(c1C#CCO[C@@H]1CCN(C[C@H]3CC[C@H](n4cc(NC(=O)c5cnn6ccc(N7CC8C[C@@H]7CO8)nc56)c(C(F)F)n4)CC3)C[C@@H]1F)n(C)c(=O)n2C1CCC(=O)NC1=O. The average molecular weight is 914 g/mol. The number of amides is 3. The van der Waals surface area contributed by atoms with Crippen LogP contribution < -0.4 is 26.0 Å². The quantitative estimate of drug-likeness (QED) is 0.144. The summed E-state index contributed by atoms with van der Waals surface area (Å²) < 4.78 is 67.2. The van der Waals surface area contributed by atoms with Crippen LogP contribution in [0.15, 0.2) is 41.6 Å². The first-order valence-electron chi connectivity index (χ1n) is 22.4. The van der Waals surface area contributed by atoms with Crippen LogP contribution in [0.4, 0.5) is 24.7 Å². The normalized spacial score (nSPS) is 25.7. The minimum Gasteiger partial charge on any atom is -0.495 e. The zero-order valence-corrected chi connectivity index (χ0v) is 36.5. The van der Waals surface area contributed by atoms with Crippen LogP contribution in [-0.4, -0.2) is 127 Å². The van der Waals surface area contributed by atoms with Crippen LogP contribution in [0.5, 0.6) is 5.75 Å². The summed E-state index contributed by atoms with van der Waals surface area (Å²) in [5.74, 6) is 5.91. The van der Waals surface area contributed by atoms with E-state index in [1.807, 2.05) is 6.07 Å². The molecule has 0 radical (unpaired) electrons. The molecule has 1 saturated carbocycles. The molecule has 3 amide bonds. The van der Waals surface area contributed by atoms with Gasteiger partial charge in [0.25, 0.3) is 12.3 Å². The Bertz CT molecular complexity index is 2820. The predicted molar refractivity (Wildman–Crippen MR) is 232 cm³/mol. The van der Waals surface area contributed by atoms with Gasteiger partial charge < -0.3 is 24.4 Å². The molecule has 18 nitrogen and oxygen atoms in total. The summed E-state index contributed by atoms with van der Waals surface area (Å²) in [6.07, 6.45) is 4.67. The van der Waals surface area contributed by atoms with Crippen LogP contribution >= 0.6 is 0 Å². The Balaban J connectivity index is 0.722. The van der Waals surface area contributed by atoms with Gasteiger partial charge in [0.2, 0.25) is 11.8 Å². The lowest BCUT2D eigenvalue weighted by Crippen LogP contribution is -2.47. The minimum absolute atomic E-state index is 0.0579. The Kier molecular flexibility index (Phi) is 11.8. The third-order valence-electron chi connectivity index (χ3n) is 13.8. The van der Waals surface area contributed by atoms with Crippen molar-refractivity contribution in [3.8, 4) is 17.6 Å². The molecule has 0 spiro atoms. The number of nitrogens with one attached hydrogen (secondary N) is 2. The van der Waals surface area contributed by atoms with E-state index in [4.69, 9.17) is 19.2 Å². The number of fused-ring (bicyclic) bond motifs is 4. The van der Waals surface area contributed by atoms with Gasteiger partial charge in [-0.3, -0.25) is 38.4 Å². The van der Waals surface area contributed by atoms with Crippen LogP contribution in [0.3, 0.4) is 0 Å². The van der Waals surface area contributed by atoms with Gasteiger partial charge in [0.05, 0.1) is 66.5 Å². The molecule has 5 atom stereocenters. The van der Waals surface area contributed by atoms with Crippen molar-refractivity contribution in [2.45, 2.75) is 94.3 Å². The largest absolute Gasteiger partial charge is 0.495 e. The van der Waals surface area contributed by atoms with E-state index in [-0.39, 0.29) is 67.3 Å². The lowest BCUT2D eigenvalue weighted by molar-refractivity contribution is -0.135. The van der Waals surface area contributed by atoms with Crippen LogP contribution in [0.1, 0.15) is 91.5 Å². The first-order valence-corrected chi connectivity index (χ1v) is 22.4. The summed E-state index contributed by atoms with van der Waals surface area (Å²) in [6, 6.07) is 4.43. The first-order chi connectivity index (χ1) is 31.9. The first kappa shape index (κ1) is 43.6. The Morgan fingerprint density at radius 1 is 1.08 bits per heavy atom. The molecule has 4 aliphatic heterocycles. The summed E-state index contributed by atoms with van der Waals surface area (Å²) in [5, 5.41) is 13.5. The number of piperidine rings is 2. The van der Waals surface area contributed by atoms with Crippen molar-refractivity contribution in [1.82, 2.24) is 43.7 Å². The van der Waals surface area contributed by atoms with Crippen LogP contribution in [0.2, 0.25) is 0 Å². The number of rotatable bonds is 11. The molecule has 10 rings (SSSR count). The van der Waals surface area contributed by atoms with Crippen molar-refractivity contribution in [2.24, 2.45) is 13.0 Å². The molecule has 66 heavy (non-hydrogen) atoms. The number of ether oxygens (including phenoxy) is 3. The number of likely N-dealkylation sites (tertiary alicyclic amines) is 1. The number of benzene rings is 1. The van der Waals surface area contributed by atoms with Gasteiger partial charge in [0.15, 0.2) is 11.3 Å². The van der Waals surface area contributed by atoms with Gasteiger partial charge in [0.1, 0.15) is 36.0 Å². The van der Waals surface area contributed by atoms with Gasteiger partial charge in [-0.25, -0.2) is 27.5 Å². The second kappa shape index (κ2) is 17.9. The fraction of sp³-hybridized carbons (Fsp3) is 0.533. The number of methoxy groups -OCH3 is 1. The predicted octanol–water partition coefficient (Wildman–Crippen LogP) is 3.94. The fourth-order valence-electron chi connectivity index (χ4n) is 10.4. The summed E-state index contributed by atoms with van der Waals surface area (Å²) in [5.41, 5.74) is 0.850. The molecule has 5 aliphatic rings. The second-order valence-corrected chi connectivity index (χ2v) is 17.9. The number of carbonyl (C=O) groups excluding carboxylic acids is 3. The monoisotopic (exact) mass is 913 g/mol. The maximum atomic E-state index is 15.6. The second-order valence-electron chi connectivity index (χ2n) is 17.9. The Morgan fingerprint density at radius 2 is 1.91 bits per heavy atom. The highest BCUT2D eigenvalue weighted by atomic mass is 19.3. The molecule has 1 aromatic carbocycles. The summed E-state index contributed by atoms with van der Waals surface area (Å²) in [4.78, 5) is 60.4. The molecule has 1 aliphatic carbocycles. The van der Waals surface area contributed by atoms with E-state index in [2.05, 4.69) is 42.5 Å². The standard InChI is InChI=1S/C45H50F3N11O7/c1-54-40-29(35(64-2)11-9-33(40)59(45(54)63)34-10-12-38(60)52-44(34)62)4-3-17-65-36-13-15-55(22-31(36)46)20-25-5-7-26(8-6-25)58-23-32(39(53-58)41(47)48)50-43(61)30-19-49-57-16-14-37(51-42(30)57)56-21-28-18-27(56)24-66-28/h9,11,14,16,19,23,25-28,31,34,36,41H,5-8,10,12-13,15,17-18,20-22,24H2,1-2H3,(H,50,61)(H,52,60,62)/t25-,26-,27-,28?,31+,34?,36-/m1/s1. The number of aromatic nitrogens is 7. The Hall–Kier alpha value is -6.24. The molecule has 2 unspecified atom stereocenters. The number of hydrogen-bond donors (Lipinski definition) is 2. The molecule has 5 fully saturated rings. The van der Waals surface area contributed by atoms with Gasteiger partial charge in [-0.2, -0.15) is 10.2 Å². The molecular weight excluding hydrogens is 864 g/mol. The van der Waals surface area contributed by atoms with Gasteiger partial charge in [-0.05, 0) is 69.1 Å². The van der Waals surface area contributed by atoms with Gasteiger partial charge in [-0.1, -0.05) is 11.8 Å². The lowest BCUT2D eigenvalue weighted by Gasteiger charge is -2.38. The average Bonchev–Trinajstić information content (AvgIpc) is 4.16. The zero-order chi connectivity index (χ0) is 45.8. The molecule has 8 heterocycles. The number of aryl methyl sites for hydroxylation is 1. The van der Waals surface area contributed by atoms with E-state index in [0.29, 0.717) is 79.3 Å². The summed E-state index contributed by atoms with van der Waals surface area (Å²) >= 11 is 0. The van der Waals surface area contributed by atoms with E-state index in [9.17, 15) is 28.0 Å². The third-order valence-corrected chi connectivity index (χ3v) is 13.8. The number of carbonyl (C=O) groups is 3. The summed E-state index contributed by atoms with van der Waals surface area (Å²) in [6.45, 7) is 2.83. The highest BCUT2D eigenvalue weighted by molar-refractivity contribution is 6.08. The molecule has 2 bridgehead atoms. The Morgan fingerprint density at radius 3 is 2.64 bits per heavy atom. The molecule has 2 N–H and O–H groups in total. The third kappa shape index (κ3) is 8.19. The molecule has 4 saturated heterocycles. The van der Waals surface area contributed by atoms with Crippen molar-refractivity contribution in [2.75, 3.05) is 56.7 Å². The fourth-order valence-corrected chi connectivity index (χ4v) is 10.4. The number of nitrogens with zero attached hydrogens (tertiary/aromatic N) is 9. The van der Waals surface area contributed by atoms with E-state index in [0.717, 1.165) is 19.3 Å². The maximum Gasteiger partial charge on any atom is 0.329 e. The highest BCUT2D eigenvalue weighted by Crippen LogP contribution is 2.37.